The number of hydrogen-bond donors (Lipinski definition) is 0. The zero-order chi connectivity index (χ0) is 25.5. The second-order valence-corrected chi connectivity index (χ2v) is 11.5. The lowest BCUT2D eigenvalue weighted by Crippen LogP contribution is -2.53. The molecule has 2 aliphatic rings. The molecule has 1 atom stereocenters. The van der Waals surface area contributed by atoms with Gasteiger partial charge in [-0.3, -0.25) is 9.69 Å². The molecule has 0 aliphatic carbocycles. The molecule has 194 valence electrons. The molecule has 4 rings (SSSR count). The van der Waals surface area contributed by atoms with Crippen LogP contribution in [0.5, 0.6) is 5.75 Å². The molecule has 0 saturated carbocycles. The van der Waals surface area contributed by atoms with E-state index >= 15 is 0 Å². The van der Waals surface area contributed by atoms with E-state index in [1.807, 2.05) is 30.0 Å². The molecular weight excluding hydrogens is 498 g/mol. The van der Waals surface area contributed by atoms with Gasteiger partial charge in [0.1, 0.15) is 5.75 Å². The topological polar surface area (TPSA) is 70.2 Å². The Morgan fingerprint density at radius 3 is 2.53 bits per heavy atom. The Morgan fingerprint density at radius 1 is 1.08 bits per heavy atom. The molecule has 2 fully saturated rings. The SMILES string of the molecule is CCOc1ccc(S(=O)(=O)N2CCC[C@@H](C(=O)N3CCN(C/C=C/c4ccccc4)CC3)C2)cc1Cl. The summed E-state index contributed by atoms with van der Waals surface area (Å²) in [4.78, 5) is 17.6. The van der Waals surface area contributed by atoms with E-state index in [1.54, 1.807) is 6.07 Å². The molecule has 7 nitrogen and oxygen atoms in total. The quantitative estimate of drug-likeness (QED) is 0.515. The molecule has 0 bridgehead atoms. The number of hydrogen-bond acceptors (Lipinski definition) is 5. The third-order valence-corrected chi connectivity index (χ3v) is 8.89. The molecule has 2 aromatic carbocycles. The minimum atomic E-state index is -3.75. The van der Waals surface area contributed by atoms with E-state index in [4.69, 9.17) is 16.3 Å². The molecule has 1 amide bonds. The molecule has 0 radical (unpaired) electrons. The van der Waals surface area contributed by atoms with Gasteiger partial charge in [0.05, 0.1) is 22.4 Å². The molecule has 36 heavy (non-hydrogen) atoms. The first-order chi connectivity index (χ1) is 17.4. The number of carbonyl (C=O) groups is 1. The van der Waals surface area contributed by atoms with Gasteiger partial charge in [0.2, 0.25) is 15.9 Å². The van der Waals surface area contributed by atoms with Crippen LogP contribution < -0.4 is 4.74 Å². The van der Waals surface area contributed by atoms with Crippen LogP contribution in [-0.2, 0) is 14.8 Å². The zero-order valence-electron chi connectivity index (χ0n) is 20.7. The number of ether oxygens (including phenoxy) is 1. The minimum Gasteiger partial charge on any atom is -0.492 e. The van der Waals surface area contributed by atoms with Crippen molar-refractivity contribution in [2.75, 3.05) is 52.4 Å². The number of amides is 1. The van der Waals surface area contributed by atoms with Crippen LogP contribution in [0.15, 0.2) is 59.5 Å². The Kier molecular flexibility index (Phi) is 9.06. The van der Waals surface area contributed by atoms with Crippen LogP contribution in [0.25, 0.3) is 6.08 Å². The highest BCUT2D eigenvalue weighted by atomic mass is 35.5. The molecule has 2 heterocycles. The van der Waals surface area contributed by atoms with Crippen LogP contribution in [0, 0.1) is 5.92 Å². The number of piperidine rings is 1. The van der Waals surface area contributed by atoms with Crippen LogP contribution in [0.2, 0.25) is 5.02 Å². The number of piperazine rings is 1. The van der Waals surface area contributed by atoms with Crippen LogP contribution in [0.1, 0.15) is 25.3 Å². The van der Waals surface area contributed by atoms with Gasteiger partial charge >= 0.3 is 0 Å². The summed E-state index contributed by atoms with van der Waals surface area (Å²) < 4.78 is 33.4. The minimum absolute atomic E-state index is 0.0547. The highest BCUT2D eigenvalue weighted by Gasteiger charge is 2.36. The Hall–Kier alpha value is -2.39. The smallest absolute Gasteiger partial charge is 0.243 e. The molecule has 0 aromatic heterocycles. The van der Waals surface area contributed by atoms with Crippen molar-refractivity contribution in [1.29, 1.82) is 0 Å². The summed E-state index contributed by atoms with van der Waals surface area (Å²) in [6.07, 6.45) is 5.63. The predicted molar refractivity (Wildman–Crippen MR) is 143 cm³/mol. The Labute approximate surface area is 219 Å². The third kappa shape index (κ3) is 6.48. The molecule has 2 aromatic rings. The van der Waals surface area contributed by atoms with Gasteiger partial charge in [-0.25, -0.2) is 8.42 Å². The fourth-order valence-corrected chi connectivity index (χ4v) is 6.59. The van der Waals surface area contributed by atoms with Gasteiger partial charge in [0.15, 0.2) is 0 Å². The summed E-state index contributed by atoms with van der Waals surface area (Å²) in [5, 5.41) is 0.263. The molecule has 0 N–H and O–H groups in total. The first-order valence-corrected chi connectivity index (χ1v) is 14.4. The summed E-state index contributed by atoms with van der Waals surface area (Å²) in [5.74, 6) is 0.190. The van der Waals surface area contributed by atoms with Crippen LogP contribution in [0.3, 0.4) is 0 Å². The van der Waals surface area contributed by atoms with E-state index in [-0.39, 0.29) is 28.3 Å². The highest BCUT2D eigenvalue weighted by Crippen LogP contribution is 2.31. The lowest BCUT2D eigenvalue weighted by Gasteiger charge is -2.38. The average Bonchev–Trinajstić information content (AvgIpc) is 2.90. The number of rotatable bonds is 8. The van der Waals surface area contributed by atoms with E-state index in [9.17, 15) is 13.2 Å². The van der Waals surface area contributed by atoms with Crippen molar-refractivity contribution >= 4 is 33.6 Å². The third-order valence-electron chi connectivity index (χ3n) is 6.73. The first-order valence-electron chi connectivity index (χ1n) is 12.5. The van der Waals surface area contributed by atoms with Crippen molar-refractivity contribution < 1.29 is 17.9 Å². The van der Waals surface area contributed by atoms with Gasteiger partial charge in [-0.05, 0) is 43.5 Å². The Morgan fingerprint density at radius 2 is 1.83 bits per heavy atom. The normalized spacial score (nSPS) is 20.1. The van der Waals surface area contributed by atoms with Crippen LogP contribution in [-0.4, -0.2) is 80.9 Å². The van der Waals surface area contributed by atoms with Crippen molar-refractivity contribution in [3.8, 4) is 5.75 Å². The summed E-state index contributed by atoms with van der Waals surface area (Å²) in [6.45, 7) is 6.68. The number of carbonyl (C=O) groups excluding carboxylic acids is 1. The summed E-state index contributed by atoms with van der Waals surface area (Å²) in [5.41, 5.74) is 1.18. The van der Waals surface area contributed by atoms with E-state index < -0.39 is 10.0 Å². The first kappa shape index (κ1) is 26.7. The largest absolute Gasteiger partial charge is 0.492 e. The average molecular weight is 532 g/mol. The molecule has 2 saturated heterocycles. The highest BCUT2D eigenvalue weighted by molar-refractivity contribution is 7.89. The molecule has 9 heteroatoms. The van der Waals surface area contributed by atoms with Gasteiger partial charge in [-0.1, -0.05) is 54.1 Å². The van der Waals surface area contributed by atoms with Crippen LogP contribution in [0.4, 0.5) is 0 Å². The van der Waals surface area contributed by atoms with E-state index in [1.165, 1.54) is 22.0 Å². The van der Waals surface area contributed by atoms with Gasteiger partial charge in [0.25, 0.3) is 0 Å². The van der Waals surface area contributed by atoms with Gasteiger partial charge < -0.3 is 9.64 Å². The predicted octanol–water partition coefficient (Wildman–Crippen LogP) is 4.00. The molecule has 0 unspecified atom stereocenters. The van der Waals surface area contributed by atoms with Crippen molar-refractivity contribution in [3.05, 3.63) is 65.2 Å². The van der Waals surface area contributed by atoms with Crippen molar-refractivity contribution in [3.63, 3.8) is 0 Å². The molecular formula is C27H34ClN3O4S. The Bertz CT molecular complexity index is 1160. The number of sulfonamides is 1. The van der Waals surface area contributed by atoms with Crippen molar-refractivity contribution in [1.82, 2.24) is 14.1 Å². The summed E-state index contributed by atoms with van der Waals surface area (Å²) >= 11 is 6.23. The lowest BCUT2D eigenvalue weighted by molar-refractivity contribution is -0.138. The maximum absolute atomic E-state index is 13.3. The maximum Gasteiger partial charge on any atom is 0.243 e. The number of halogens is 1. The van der Waals surface area contributed by atoms with Crippen LogP contribution >= 0.6 is 11.6 Å². The lowest BCUT2D eigenvalue weighted by atomic mass is 9.98. The number of benzene rings is 2. The van der Waals surface area contributed by atoms with Gasteiger partial charge in [0, 0.05) is 45.8 Å². The van der Waals surface area contributed by atoms with Gasteiger partial charge in [-0.15, -0.1) is 0 Å². The number of nitrogens with zero attached hydrogens (tertiary/aromatic N) is 3. The fourth-order valence-electron chi connectivity index (χ4n) is 4.74. The van der Waals surface area contributed by atoms with Gasteiger partial charge in [-0.2, -0.15) is 4.31 Å². The second-order valence-electron chi connectivity index (χ2n) is 9.17. The second kappa shape index (κ2) is 12.2. The summed E-state index contributed by atoms with van der Waals surface area (Å²) in [7, 11) is -3.75. The Balaban J connectivity index is 1.31. The maximum atomic E-state index is 13.3. The molecule has 0 spiro atoms. The van der Waals surface area contributed by atoms with Crippen molar-refractivity contribution in [2.24, 2.45) is 5.92 Å². The summed E-state index contributed by atoms with van der Waals surface area (Å²) in [6, 6.07) is 14.7. The zero-order valence-corrected chi connectivity index (χ0v) is 22.3. The fraction of sp³-hybridized carbons (Fsp3) is 0.444. The monoisotopic (exact) mass is 531 g/mol. The van der Waals surface area contributed by atoms with Crippen molar-refractivity contribution in [2.45, 2.75) is 24.7 Å². The standard InChI is InChI=1S/C27H34ClN3O4S/c1-2-35-26-13-12-24(20-25(26)28)36(33,34)31-15-7-11-23(21-31)27(32)30-18-16-29(17-19-30)14-6-10-22-8-4-3-5-9-22/h3-6,8-10,12-13,20,23H,2,7,11,14-19,21H2,1H3/b10-6+/t23-/m1/s1. The van der Waals surface area contributed by atoms with E-state index in [2.05, 4.69) is 29.2 Å². The van der Waals surface area contributed by atoms with E-state index in [0.29, 0.717) is 44.8 Å². The van der Waals surface area contributed by atoms with E-state index in [0.717, 1.165) is 19.6 Å². The molecule has 2 aliphatic heterocycles.